The van der Waals surface area contributed by atoms with E-state index in [4.69, 9.17) is 11.6 Å². The Hall–Kier alpha value is -1.07. The summed E-state index contributed by atoms with van der Waals surface area (Å²) in [5.74, 6) is 0.207. The quantitative estimate of drug-likeness (QED) is 0.847. The summed E-state index contributed by atoms with van der Waals surface area (Å²) in [5, 5.41) is 2.78. The van der Waals surface area contributed by atoms with Gasteiger partial charge in [0, 0.05) is 24.2 Å². The molecule has 0 bridgehead atoms. The van der Waals surface area contributed by atoms with Crippen molar-refractivity contribution in [2.45, 2.75) is 18.7 Å². The predicted octanol–water partition coefficient (Wildman–Crippen LogP) is 2.08. The minimum absolute atomic E-state index is 0.177. The van der Waals surface area contributed by atoms with Crippen molar-refractivity contribution >= 4 is 27.3 Å². The summed E-state index contributed by atoms with van der Waals surface area (Å²) in [6.45, 7) is 4.36. The molecular formula is C13H18ClNO3S. The van der Waals surface area contributed by atoms with Crippen molar-refractivity contribution in [3.63, 3.8) is 0 Å². The first-order valence-electron chi connectivity index (χ1n) is 5.80. The van der Waals surface area contributed by atoms with Gasteiger partial charge in [-0.15, -0.1) is 11.6 Å². The van der Waals surface area contributed by atoms with Crippen LogP contribution in [0.2, 0.25) is 0 Å². The zero-order chi connectivity index (χ0) is 14.7. The topological polar surface area (TPSA) is 63.2 Å². The van der Waals surface area contributed by atoms with Gasteiger partial charge in [0.05, 0.1) is 4.90 Å². The Morgan fingerprint density at radius 2 is 1.79 bits per heavy atom. The molecule has 6 heteroatoms. The van der Waals surface area contributed by atoms with E-state index in [-0.39, 0.29) is 16.2 Å². The Morgan fingerprint density at radius 3 is 2.21 bits per heavy atom. The van der Waals surface area contributed by atoms with E-state index in [1.54, 1.807) is 0 Å². The normalized spacial score (nSPS) is 12.2. The highest BCUT2D eigenvalue weighted by Gasteiger charge is 2.18. The van der Waals surface area contributed by atoms with Gasteiger partial charge in [0.15, 0.2) is 9.84 Å². The molecule has 0 saturated carbocycles. The van der Waals surface area contributed by atoms with Gasteiger partial charge in [-0.05, 0) is 29.7 Å². The van der Waals surface area contributed by atoms with Crippen LogP contribution in [0.3, 0.4) is 0 Å². The molecule has 0 heterocycles. The number of benzene rings is 1. The van der Waals surface area contributed by atoms with Gasteiger partial charge in [-0.2, -0.15) is 0 Å². The van der Waals surface area contributed by atoms with Crippen LogP contribution in [-0.4, -0.2) is 33.0 Å². The monoisotopic (exact) mass is 303 g/mol. The first-order chi connectivity index (χ1) is 8.65. The SMILES string of the molecule is CC(C)(CCl)CNC(=O)c1ccc(S(C)(=O)=O)cc1. The van der Waals surface area contributed by atoms with Crippen LogP contribution in [0, 0.1) is 5.41 Å². The van der Waals surface area contributed by atoms with E-state index in [0.717, 1.165) is 6.26 Å². The van der Waals surface area contributed by atoms with Crippen molar-refractivity contribution in [3.05, 3.63) is 29.8 Å². The van der Waals surface area contributed by atoms with Crippen LogP contribution in [0.4, 0.5) is 0 Å². The van der Waals surface area contributed by atoms with Crippen LogP contribution in [0.5, 0.6) is 0 Å². The lowest BCUT2D eigenvalue weighted by atomic mass is 9.96. The molecule has 19 heavy (non-hydrogen) atoms. The molecule has 106 valence electrons. The third-order valence-corrected chi connectivity index (χ3v) is 4.49. The Morgan fingerprint density at radius 1 is 1.26 bits per heavy atom. The molecule has 0 aliphatic carbocycles. The van der Waals surface area contributed by atoms with Gasteiger partial charge in [-0.3, -0.25) is 4.79 Å². The Balaban J connectivity index is 2.74. The number of carbonyl (C=O) groups is 1. The summed E-state index contributed by atoms with van der Waals surface area (Å²) < 4.78 is 22.6. The lowest BCUT2D eigenvalue weighted by Crippen LogP contribution is -2.34. The second kappa shape index (κ2) is 5.92. The molecule has 1 aromatic rings. The number of halogens is 1. The first kappa shape index (κ1) is 16.0. The van der Waals surface area contributed by atoms with Gasteiger partial charge in [0.2, 0.25) is 0 Å². The minimum atomic E-state index is -3.23. The highest BCUT2D eigenvalue weighted by molar-refractivity contribution is 7.90. The molecule has 1 N–H and O–H groups in total. The minimum Gasteiger partial charge on any atom is -0.351 e. The first-order valence-corrected chi connectivity index (χ1v) is 8.23. The lowest BCUT2D eigenvalue weighted by molar-refractivity contribution is 0.0940. The highest BCUT2D eigenvalue weighted by Crippen LogP contribution is 2.16. The fraction of sp³-hybridized carbons (Fsp3) is 0.462. The maximum Gasteiger partial charge on any atom is 0.251 e. The molecule has 0 aliphatic heterocycles. The summed E-state index contributed by atoms with van der Waals surface area (Å²) in [6.07, 6.45) is 1.13. The van der Waals surface area contributed by atoms with Crippen molar-refractivity contribution in [1.82, 2.24) is 5.32 Å². The van der Waals surface area contributed by atoms with Crippen molar-refractivity contribution in [2.24, 2.45) is 5.41 Å². The Kier molecular flexibility index (Phi) is 4.98. The van der Waals surface area contributed by atoms with Gasteiger partial charge >= 0.3 is 0 Å². The summed E-state index contributed by atoms with van der Waals surface area (Å²) in [7, 11) is -3.23. The van der Waals surface area contributed by atoms with Crippen molar-refractivity contribution in [2.75, 3.05) is 18.7 Å². The van der Waals surface area contributed by atoms with Gasteiger partial charge in [0.1, 0.15) is 0 Å². The van der Waals surface area contributed by atoms with Crippen LogP contribution in [0.1, 0.15) is 24.2 Å². The zero-order valence-electron chi connectivity index (χ0n) is 11.2. The van der Waals surface area contributed by atoms with E-state index in [0.29, 0.717) is 18.0 Å². The summed E-state index contributed by atoms with van der Waals surface area (Å²) in [5.41, 5.74) is 0.252. The van der Waals surface area contributed by atoms with Crippen LogP contribution in [0.15, 0.2) is 29.2 Å². The largest absolute Gasteiger partial charge is 0.351 e. The average Bonchev–Trinajstić information content (AvgIpc) is 2.35. The van der Waals surface area contributed by atoms with Gasteiger partial charge in [-0.25, -0.2) is 8.42 Å². The van der Waals surface area contributed by atoms with Gasteiger partial charge < -0.3 is 5.32 Å². The highest BCUT2D eigenvalue weighted by atomic mass is 35.5. The molecule has 0 atom stereocenters. The summed E-state index contributed by atoms with van der Waals surface area (Å²) in [6, 6.07) is 5.85. The summed E-state index contributed by atoms with van der Waals surface area (Å²) in [4.78, 5) is 12.1. The molecule has 0 aliphatic rings. The number of alkyl halides is 1. The van der Waals surface area contributed by atoms with Gasteiger partial charge in [-0.1, -0.05) is 13.8 Å². The standard InChI is InChI=1S/C13H18ClNO3S/c1-13(2,8-14)9-15-12(16)10-4-6-11(7-5-10)19(3,17)18/h4-7H,8-9H2,1-3H3,(H,15,16). The summed E-state index contributed by atoms with van der Waals surface area (Å²) >= 11 is 5.78. The van der Waals surface area contributed by atoms with E-state index >= 15 is 0 Å². The third-order valence-electron chi connectivity index (χ3n) is 2.63. The predicted molar refractivity (Wildman–Crippen MR) is 76.4 cm³/mol. The number of hydrogen-bond donors (Lipinski definition) is 1. The number of sulfone groups is 1. The molecule has 0 radical (unpaired) electrons. The van der Waals surface area contributed by atoms with Crippen LogP contribution < -0.4 is 5.32 Å². The van der Waals surface area contributed by atoms with Crippen molar-refractivity contribution in [1.29, 1.82) is 0 Å². The number of carbonyl (C=O) groups excluding carboxylic acids is 1. The molecule has 0 aromatic heterocycles. The van der Waals surface area contributed by atoms with Crippen LogP contribution in [0.25, 0.3) is 0 Å². The average molecular weight is 304 g/mol. The molecule has 0 spiro atoms. The second-order valence-electron chi connectivity index (χ2n) is 5.28. The number of amides is 1. The van der Waals surface area contributed by atoms with Crippen molar-refractivity contribution < 1.29 is 13.2 Å². The van der Waals surface area contributed by atoms with Crippen molar-refractivity contribution in [3.8, 4) is 0 Å². The van der Waals surface area contributed by atoms with E-state index in [9.17, 15) is 13.2 Å². The lowest BCUT2D eigenvalue weighted by Gasteiger charge is -2.21. The molecule has 0 unspecified atom stereocenters. The van der Waals surface area contributed by atoms with E-state index in [1.165, 1.54) is 24.3 Å². The smallest absolute Gasteiger partial charge is 0.251 e. The van der Waals surface area contributed by atoms with E-state index in [2.05, 4.69) is 5.32 Å². The molecule has 0 saturated heterocycles. The number of rotatable bonds is 5. The maximum atomic E-state index is 11.9. The third kappa shape index (κ3) is 4.84. The van der Waals surface area contributed by atoms with Crippen LogP contribution in [-0.2, 0) is 9.84 Å². The zero-order valence-corrected chi connectivity index (χ0v) is 12.8. The molecule has 0 fully saturated rings. The Bertz CT molecular complexity index is 550. The molecule has 1 rings (SSSR count). The Labute approximate surface area is 119 Å². The number of hydrogen-bond acceptors (Lipinski definition) is 3. The molecule has 1 aromatic carbocycles. The molecule has 1 amide bonds. The molecular weight excluding hydrogens is 286 g/mol. The fourth-order valence-electron chi connectivity index (χ4n) is 1.32. The fourth-order valence-corrected chi connectivity index (χ4v) is 2.05. The van der Waals surface area contributed by atoms with E-state index in [1.807, 2.05) is 13.8 Å². The molecule has 4 nitrogen and oxygen atoms in total. The van der Waals surface area contributed by atoms with E-state index < -0.39 is 9.84 Å². The number of nitrogens with one attached hydrogen (secondary N) is 1. The maximum absolute atomic E-state index is 11.9. The second-order valence-corrected chi connectivity index (χ2v) is 7.56. The van der Waals surface area contributed by atoms with Crippen LogP contribution >= 0.6 is 11.6 Å². The van der Waals surface area contributed by atoms with Gasteiger partial charge in [0.25, 0.3) is 5.91 Å².